The first kappa shape index (κ1) is 18.9. The molecule has 0 spiro atoms. The molecule has 0 aliphatic heterocycles. The molecule has 0 amide bonds. The Labute approximate surface area is 170 Å². The van der Waals surface area contributed by atoms with E-state index in [-0.39, 0.29) is 5.82 Å². The van der Waals surface area contributed by atoms with Gasteiger partial charge in [0.2, 0.25) is 0 Å². The van der Waals surface area contributed by atoms with Crippen molar-refractivity contribution in [3.05, 3.63) is 30.1 Å². The van der Waals surface area contributed by atoms with Gasteiger partial charge in [0.05, 0.1) is 0 Å². The van der Waals surface area contributed by atoms with Gasteiger partial charge in [-0.1, -0.05) is 33.3 Å². The van der Waals surface area contributed by atoms with Crippen molar-refractivity contribution in [3.8, 4) is 0 Å². The standard InChI is InChI=1S/C26H38FN/c1-17-11-13-25(2)18(15-17)7-8-21-22-9-10-24(26(22,3)14-12-23(21)25)28-20-6-4-5-19(27)16-20/h4-6,16-18,21-24,28H,7-15H2,1-3H3. The summed E-state index contributed by atoms with van der Waals surface area (Å²) in [4.78, 5) is 0. The van der Waals surface area contributed by atoms with Crippen LogP contribution in [-0.2, 0) is 0 Å². The third-order valence-electron chi connectivity index (χ3n) is 10.1. The van der Waals surface area contributed by atoms with E-state index in [9.17, 15) is 4.39 Å². The molecule has 0 saturated heterocycles. The Hall–Kier alpha value is -1.05. The second kappa shape index (κ2) is 6.74. The molecule has 1 aromatic carbocycles. The molecule has 154 valence electrons. The predicted molar refractivity (Wildman–Crippen MR) is 115 cm³/mol. The van der Waals surface area contributed by atoms with Gasteiger partial charge in [-0.05, 0) is 110 Å². The first-order valence-corrected chi connectivity index (χ1v) is 11.9. The highest BCUT2D eigenvalue weighted by molar-refractivity contribution is 5.45. The van der Waals surface area contributed by atoms with E-state index in [0.717, 1.165) is 35.3 Å². The van der Waals surface area contributed by atoms with Crippen LogP contribution in [0.2, 0.25) is 0 Å². The van der Waals surface area contributed by atoms with Gasteiger partial charge in [-0.3, -0.25) is 0 Å². The maximum absolute atomic E-state index is 13.7. The van der Waals surface area contributed by atoms with Crippen molar-refractivity contribution in [1.29, 1.82) is 0 Å². The molecule has 4 aliphatic carbocycles. The predicted octanol–water partition coefficient (Wildman–Crippen LogP) is 7.29. The molecule has 8 unspecified atom stereocenters. The molecule has 0 bridgehead atoms. The fraction of sp³-hybridized carbons (Fsp3) is 0.769. The SMILES string of the molecule is CC1CCC2(C)C(CCC3C2CCC2(C)C(Nc4cccc(F)c4)CCC32)C1. The van der Waals surface area contributed by atoms with E-state index in [1.807, 2.05) is 12.1 Å². The highest BCUT2D eigenvalue weighted by Crippen LogP contribution is 2.66. The summed E-state index contributed by atoms with van der Waals surface area (Å²) in [5, 5.41) is 3.75. The van der Waals surface area contributed by atoms with E-state index < -0.39 is 0 Å². The molecule has 8 atom stereocenters. The lowest BCUT2D eigenvalue weighted by atomic mass is 9.44. The first-order chi connectivity index (χ1) is 13.4. The van der Waals surface area contributed by atoms with Crippen LogP contribution in [0.25, 0.3) is 0 Å². The van der Waals surface area contributed by atoms with Crippen molar-refractivity contribution >= 4 is 5.69 Å². The zero-order valence-electron chi connectivity index (χ0n) is 18.0. The summed E-state index contributed by atoms with van der Waals surface area (Å²) in [6, 6.07) is 7.56. The number of hydrogen-bond donors (Lipinski definition) is 1. The number of rotatable bonds is 2. The van der Waals surface area contributed by atoms with Gasteiger partial charge in [-0.15, -0.1) is 0 Å². The number of anilines is 1. The summed E-state index contributed by atoms with van der Waals surface area (Å²) in [5.74, 6) is 4.51. The molecule has 1 N–H and O–H groups in total. The molecule has 1 nitrogen and oxygen atoms in total. The highest BCUT2D eigenvalue weighted by atomic mass is 19.1. The maximum Gasteiger partial charge on any atom is 0.125 e. The zero-order valence-corrected chi connectivity index (χ0v) is 18.0. The first-order valence-electron chi connectivity index (χ1n) is 11.9. The molecule has 0 radical (unpaired) electrons. The second-order valence-electron chi connectivity index (χ2n) is 11.4. The minimum absolute atomic E-state index is 0.133. The summed E-state index contributed by atoms with van der Waals surface area (Å²) in [6.07, 6.45) is 12.7. The van der Waals surface area contributed by atoms with Gasteiger partial charge >= 0.3 is 0 Å². The van der Waals surface area contributed by atoms with Crippen LogP contribution in [-0.4, -0.2) is 6.04 Å². The van der Waals surface area contributed by atoms with Crippen molar-refractivity contribution in [2.45, 2.75) is 84.6 Å². The van der Waals surface area contributed by atoms with Crippen molar-refractivity contribution in [1.82, 2.24) is 0 Å². The van der Waals surface area contributed by atoms with Gasteiger partial charge < -0.3 is 5.32 Å². The van der Waals surface area contributed by atoms with Crippen LogP contribution in [0.15, 0.2) is 24.3 Å². The minimum atomic E-state index is -0.133. The fourth-order valence-electron chi connectivity index (χ4n) is 8.49. The molecule has 2 heteroatoms. The van der Waals surface area contributed by atoms with Crippen LogP contribution >= 0.6 is 0 Å². The average Bonchev–Trinajstić information content (AvgIpc) is 2.99. The number of hydrogen-bond acceptors (Lipinski definition) is 1. The zero-order chi connectivity index (χ0) is 19.5. The Kier molecular flexibility index (Phi) is 4.56. The number of halogens is 1. The van der Waals surface area contributed by atoms with Crippen molar-refractivity contribution in [3.63, 3.8) is 0 Å². The van der Waals surface area contributed by atoms with Gasteiger partial charge in [0.25, 0.3) is 0 Å². The lowest BCUT2D eigenvalue weighted by Crippen LogP contribution is -2.54. The molecule has 5 rings (SSSR count). The van der Waals surface area contributed by atoms with Gasteiger partial charge in [-0.2, -0.15) is 0 Å². The summed E-state index contributed by atoms with van der Waals surface area (Å²) >= 11 is 0. The lowest BCUT2D eigenvalue weighted by Gasteiger charge is -2.61. The third kappa shape index (κ3) is 2.84. The average molecular weight is 384 g/mol. The van der Waals surface area contributed by atoms with Gasteiger partial charge in [0, 0.05) is 11.7 Å². The van der Waals surface area contributed by atoms with Crippen molar-refractivity contribution in [2.75, 3.05) is 5.32 Å². The molecule has 4 aliphatic rings. The second-order valence-corrected chi connectivity index (χ2v) is 11.4. The molecule has 28 heavy (non-hydrogen) atoms. The largest absolute Gasteiger partial charge is 0.382 e. The molecule has 0 heterocycles. The van der Waals surface area contributed by atoms with Gasteiger partial charge in [-0.25, -0.2) is 4.39 Å². The van der Waals surface area contributed by atoms with Crippen LogP contribution in [0.3, 0.4) is 0 Å². The highest BCUT2D eigenvalue weighted by Gasteiger charge is 2.60. The summed E-state index contributed by atoms with van der Waals surface area (Å²) in [7, 11) is 0. The number of fused-ring (bicyclic) bond motifs is 5. The third-order valence-corrected chi connectivity index (χ3v) is 10.1. The van der Waals surface area contributed by atoms with E-state index in [1.165, 1.54) is 57.8 Å². The van der Waals surface area contributed by atoms with Crippen molar-refractivity contribution in [2.24, 2.45) is 40.4 Å². The number of nitrogens with one attached hydrogen (secondary N) is 1. The number of benzene rings is 1. The van der Waals surface area contributed by atoms with Gasteiger partial charge in [0.15, 0.2) is 0 Å². The van der Waals surface area contributed by atoms with Crippen LogP contribution in [0.5, 0.6) is 0 Å². The van der Waals surface area contributed by atoms with Gasteiger partial charge in [0.1, 0.15) is 5.82 Å². The Bertz CT molecular complexity index is 731. The van der Waals surface area contributed by atoms with E-state index in [4.69, 9.17) is 0 Å². The van der Waals surface area contributed by atoms with Crippen LogP contribution in [0.4, 0.5) is 10.1 Å². The van der Waals surface area contributed by atoms with Crippen LogP contribution in [0.1, 0.15) is 78.6 Å². The Morgan fingerprint density at radius 1 is 0.929 bits per heavy atom. The van der Waals surface area contributed by atoms with E-state index >= 15 is 0 Å². The Morgan fingerprint density at radius 2 is 1.71 bits per heavy atom. The summed E-state index contributed by atoms with van der Waals surface area (Å²) < 4.78 is 13.7. The summed E-state index contributed by atoms with van der Waals surface area (Å²) in [6.45, 7) is 7.69. The minimum Gasteiger partial charge on any atom is -0.382 e. The van der Waals surface area contributed by atoms with E-state index in [1.54, 1.807) is 12.1 Å². The normalized spacial score (nSPS) is 47.7. The smallest absolute Gasteiger partial charge is 0.125 e. The monoisotopic (exact) mass is 383 g/mol. The molecular weight excluding hydrogens is 345 g/mol. The molecule has 0 aromatic heterocycles. The van der Waals surface area contributed by atoms with Crippen LogP contribution < -0.4 is 5.32 Å². The molecular formula is C26H38FN. The van der Waals surface area contributed by atoms with E-state index in [0.29, 0.717) is 16.9 Å². The Balaban J connectivity index is 1.37. The quantitative estimate of drug-likeness (QED) is 0.565. The van der Waals surface area contributed by atoms with Crippen LogP contribution in [0, 0.1) is 46.2 Å². The molecule has 4 fully saturated rings. The molecule has 4 saturated carbocycles. The van der Waals surface area contributed by atoms with Crippen molar-refractivity contribution < 1.29 is 4.39 Å². The summed E-state index contributed by atoms with van der Waals surface area (Å²) in [5.41, 5.74) is 1.94. The Morgan fingerprint density at radius 3 is 2.54 bits per heavy atom. The molecule has 1 aromatic rings. The fourth-order valence-corrected chi connectivity index (χ4v) is 8.49. The van der Waals surface area contributed by atoms with E-state index in [2.05, 4.69) is 26.1 Å². The topological polar surface area (TPSA) is 12.0 Å². The lowest BCUT2D eigenvalue weighted by molar-refractivity contribution is -0.111. The maximum atomic E-state index is 13.7.